The number of fused-ring (bicyclic) bond motifs is 2. The maximum atomic E-state index is 13.3. The zero-order chi connectivity index (χ0) is 21.1. The molecule has 0 saturated carbocycles. The summed E-state index contributed by atoms with van der Waals surface area (Å²) >= 11 is 11.7. The van der Waals surface area contributed by atoms with Crippen molar-refractivity contribution in [3.8, 4) is 0 Å². The van der Waals surface area contributed by atoms with Crippen molar-refractivity contribution in [1.29, 1.82) is 0 Å². The van der Waals surface area contributed by atoms with E-state index in [0.717, 1.165) is 6.07 Å². The van der Waals surface area contributed by atoms with Crippen molar-refractivity contribution >= 4 is 39.9 Å². The number of hydrogen-bond acceptors (Lipinski definition) is 2. The van der Waals surface area contributed by atoms with E-state index in [1.165, 1.54) is 18.2 Å². The summed E-state index contributed by atoms with van der Waals surface area (Å²) in [7, 11) is 0. The molecule has 8 heteroatoms. The summed E-state index contributed by atoms with van der Waals surface area (Å²) in [6, 6.07) is 8.43. The van der Waals surface area contributed by atoms with Crippen LogP contribution in [0.4, 0.5) is 13.2 Å². The van der Waals surface area contributed by atoms with Crippen LogP contribution in [0.1, 0.15) is 40.0 Å². The first-order chi connectivity index (χ1) is 13.6. The molecule has 1 aliphatic carbocycles. The molecule has 0 fully saturated rings. The summed E-state index contributed by atoms with van der Waals surface area (Å²) in [6.07, 6.45) is -4.37. The first kappa shape index (κ1) is 20.0. The van der Waals surface area contributed by atoms with Crippen LogP contribution in [-0.4, -0.2) is 10.8 Å². The summed E-state index contributed by atoms with van der Waals surface area (Å²) in [6.45, 7) is 1.62. The van der Waals surface area contributed by atoms with E-state index in [-0.39, 0.29) is 12.0 Å². The van der Waals surface area contributed by atoms with Crippen molar-refractivity contribution in [3.05, 3.63) is 79.1 Å². The maximum Gasteiger partial charge on any atom is 0.417 e. The molecule has 3 nitrogen and oxygen atoms in total. The lowest BCUT2D eigenvalue weighted by atomic mass is 9.74. The third-order valence-electron chi connectivity index (χ3n) is 5.45. The Balaban J connectivity index is 1.86. The van der Waals surface area contributed by atoms with Gasteiger partial charge in [0.15, 0.2) is 5.78 Å². The largest absolute Gasteiger partial charge is 0.417 e. The molecule has 1 heterocycles. The Morgan fingerprint density at radius 2 is 1.79 bits per heavy atom. The minimum absolute atomic E-state index is 0.0496. The minimum atomic E-state index is -4.60. The van der Waals surface area contributed by atoms with Crippen LogP contribution in [0.3, 0.4) is 0 Å². The highest BCUT2D eigenvalue weighted by molar-refractivity contribution is 6.31. The molecule has 150 valence electrons. The normalized spacial score (nSPS) is 19.4. The zero-order valence-corrected chi connectivity index (χ0v) is 16.5. The number of hydrogen-bond donors (Lipinski definition) is 1. The lowest BCUT2D eigenvalue weighted by Gasteiger charge is -2.30. The smallest absolute Gasteiger partial charge is 0.358 e. The van der Waals surface area contributed by atoms with Crippen molar-refractivity contribution in [2.24, 2.45) is 5.92 Å². The third kappa shape index (κ3) is 3.34. The second kappa shape index (κ2) is 6.89. The quantitative estimate of drug-likeness (QED) is 0.504. The van der Waals surface area contributed by atoms with Crippen LogP contribution in [0.15, 0.2) is 41.2 Å². The molecule has 2 unspecified atom stereocenters. The average molecular weight is 440 g/mol. The van der Waals surface area contributed by atoms with Crippen molar-refractivity contribution in [2.75, 3.05) is 0 Å². The summed E-state index contributed by atoms with van der Waals surface area (Å²) in [5.74, 6) is -1.58. The number of alkyl halides is 3. The van der Waals surface area contributed by atoms with Gasteiger partial charge in [0.1, 0.15) is 0 Å². The van der Waals surface area contributed by atoms with Gasteiger partial charge in [-0.05, 0) is 48.2 Å². The summed E-state index contributed by atoms with van der Waals surface area (Å²) in [4.78, 5) is 29.0. The Morgan fingerprint density at radius 3 is 2.48 bits per heavy atom. The number of H-pyrrole nitrogens is 1. The number of ketones is 1. The van der Waals surface area contributed by atoms with Crippen molar-refractivity contribution < 1.29 is 18.0 Å². The van der Waals surface area contributed by atoms with Gasteiger partial charge in [-0.1, -0.05) is 36.2 Å². The maximum absolute atomic E-state index is 13.3. The Labute approximate surface area is 173 Å². The fourth-order valence-electron chi connectivity index (χ4n) is 3.93. The van der Waals surface area contributed by atoms with Crippen LogP contribution in [0, 0.1) is 5.92 Å². The molecule has 0 bridgehead atoms. The summed E-state index contributed by atoms with van der Waals surface area (Å²) in [5.41, 5.74) is -0.0195. The summed E-state index contributed by atoms with van der Waals surface area (Å²) in [5, 5.41) is 0.284. The van der Waals surface area contributed by atoms with Gasteiger partial charge in [-0.3, -0.25) is 9.59 Å². The molecule has 1 aromatic heterocycles. The van der Waals surface area contributed by atoms with Crippen LogP contribution in [0.2, 0.25) is 10.0 Å². The lowest BCUT2D eigenvalue weighted by Crippen LogP contribution is -2.34. The second-order valence-electron chi connectivity index (χ2n) is 7.20. The first-order valence-corrected chi connectivity index (χ1v) is 9.58. The molecule has 3 aromatic rings. The number of benzene rings is 2. The number of carbonyl (C=O) groups excluding carboxylic acids is 1. The van der Waals surface area contributed by atoms with Gasteiger partial charge >= 0.3 is 6.18 Å². The number of nitrogens with one attached hydrogen (secondary N) is 1. The number of pyridine rings is 1. The predicted octanol–water partition coefficient (Wildman–Crippen LogP) is 6.01. The molecule has 1 N–H and O–H groups in total. The Hall–Kier alpha value is -2.31. The van der Waals surface area contributed by atoms with E-state index in [9.17, 15) is 22.8 Å². The van der Waals surface area contributed by atoms with Crippen LogP contribution < -0.4 is 5.43 Å². The van der Waals surface area contributed by atoms with E-state index >= 15 is 0 Å². The Kier molecular flexibility index (Phi) is 4.74. The highest BCUT2D eigenvalue weighted by Gasteiger charge is 2.38. The van der Waals surface area contributed by atoms with Crippen LogP contribution in [-0.2, 0) is 12.6 Å². The highest BCUT2D eigenvalue weighted by atomic mass is 35.5. The van der Waals surface area contributed by atoms with E-state index < -0.39 is 39.8 Å². The predicted molar refractivity (Wildman–Crippen MR) is 106 cm³/mol. The Morgan fingerprint density at radius 1 is 1.07 bits per heavy atom. The number of rotatable bonds is 1. The SMILES string of the molecule is CC1C(=O)c2c([nH]c3ccc(Cl)cc3c2=O)CC1c1ccc(Cl)c(C(F)(F)F)c1. The van der Waals surface area contributed by atoms with E-state index in [2.05, 4.69) is 4.98 Å². The van der Waals surface area contributed by atoms with E-state index in [0.29, 0.717) is 27.2 Å². The van der Waals surface area contributed by atoms with Crippen LogP contribution in [0.5, 0.6) is 0 Å². The topological polar surface area (TPSA) is 49.9 Å². The molecule has 0 saturated heterocycles. The third-order valence-corrected chi connectivity index (χ3v) is 6.02. The molecule has 29 heavy (non-hydrogen) atoms. The lowest BCUT2D eigenvalue weighted by molar-refractivity contribution is -0.137. The van der Waals surface area contributed by atoms with Gasteiger partial charge in [0.05, 0.1) is 16.1 Å². The minimum Gasteiger partial charge on any atom is -0.358 e. The Bertz CT molecular complexity index is 1220. The van der Waals surface area contributed by atoms with Crippen molar-refractivity contribution in [2.45, 2.75) is 25.4 Å². The van der Waals surface area contributed by atoms with Gasteiger partial charge in [-0.2, -0.15) is 13.2 Å². The fourth-order valence-corrected chi connectivity index (χ4v) is 4.32. The zero-order valence-electron chi connectivity index (χ0n) is 15.0. The number of halogens is 5. The van der Waals surface area contributed by atoms with Crippen LogP contribution in [0.25, 0.3) is 10.9 Å². The monoisotopic (exact) mass is 439 g/mol. The van der Waals surface area contributed by atoms with E-state index in [1.54, 1.807) is 19.1 Å². The van der Waals surface area contributed by atoms with Gasteiger partial charge in [0.2, 0.25) is 5.43 Å². The highest BCUT2D eigenvalue weighted by Crippen LogP contribution is 2.40. The number of aromatic nitrogens is 1. The van der Waals surface area contributed by atoms with Gasteiger partial charge in [0.25, 0.3) is 0 Å². The molecule has 2 aromatic carbocycles. The molecular weight excluding hydrogens is 426 g/mol. The standard InChI is InChI=1S/C21H14Cl2F3NO2/c1-9-12(10-2-4-15(23)14(6-10)21(24,25)26)8-17-18(19(9)28)20(29)13-7-11(22)3-5-16(13)27-17/h2-7,9,12H,8H2,1H3,(H,27,29). The van der Waals surface area contributed by atoms with Gasteiger partial charge in [-0.25, -0.2) is 0 Å². The molecule has 4 rings (SSSR count). The van der Waals surface area contributed by atoms with E-state index in [4.69, 9.17) is 23.2 Å². The fraction of sp³-hybridized carbons (Fsp3) is 0.238. The average Bonchev–Trinajstić information content (AvgIpc) is 2.65. The van der Waals surface area contributed by atoms with Crippen molar-refractivity contribution in [1.82, 2.24) is 4.98 Å². The second-order valence-corrected chi connectivity index (χ2v) is 8.04. The van der Waals surface area contributed by atoms with Gasteiger partial charge < -0.3 is 4.98 Å². The number of Topliss-reactive ketones (excluding diaryl/α,β-unsaturated/α-hetero) is 1. The van der Waals surface area contributed by atoms with Crippen molar-refractivity contribution in [3.63, 3.8) is 0 Å². The molecule has 2 atom stereocenters. The molecule has 0 spiro atoms. The molecule has 1 aliphatic rings. The molecule has 0 aliphatic heterocycles. The number of carbonyl (C=O) groups is 1. The molecule has 0 amide bonds. The molecular formula is C21H14Cl2F3NO2. The van der Waals surface area contributed by atoms with E-state index in [1.807, 2.05) is 0 Å². The van der Waals surface area contributed by atoms with Gasteiger partial charge in [-0.15, -0.1) is 0 Å². The van der Waals surface area contributed by atoms with Gasteiger partial charge in [0, 0.05) is 27.5 Å². The van der Waals surface area contributed by atoms with Crippen LogP contribution >= 0.6 is 23.2 Å². The number of aromatic amines is 1. The summed E-state index contributed by atoms with van der Waals surface area (Å²) < 4.78 is 39.8. The first-order valence-electron chi connectivity index (χ1n) is 8.83. The molecule has 0 radical (unpaired) electrons.